The molecule has 4 nitrogen and oxygen atoms in total. The van der Waals surface area contributed by atoms with Crippen molar-refractivity contribution in [1.82, 2.24) is 5.43 Å². The summed E-state index contributed by atoms with van der Waals surface area (Å²) >= 11 is 2.24. The van der Waals surface area contributed by atoms with Gasteiger partial charge in [-0.25, -0.2) is 5.43 Å². The van der Waals surface area contributed by atoms with Crippen LogP contribution in [0, 0.1) is 3.57 Å². The molecule has 23 heavy (non-hydrogen) atoms. The summed E-state index contributed by atoms with van der Waals surface area (Å²) < 4.78 is 1.16. The Hall–Kier alpha value is -1.89. The number of carbonyl (C=O) groups is 1. The van der Waals surface area contributed by atoms with Crippen molar-refractivity contribution in [3.8, 4) is 0 Å². The van der Waals surface area contributed by atoms with Crippen LogP contribution in [0.3, 0.4) is 0 Å². The molecule has 0 aliphatic carbocycles. The van der Waals surface area contributed by atoms with Gasteiger partial charge < -0.3 is 5.32 Å². The summed E-state index contributed by atoms with van der Waals surface area (Å²) in [4.78, 5) is 11.8. The van der Waals surface area contributed by atoms with Crippen molar-refractivity contribution >= 4 is 39.9 Å². The molecule has 1 amide bonds. The van der Waals surface area contributed by atoms with Gasteiger partial charge in [-0.05, 0) is 71.3 Å². The lowest BCUT2D eigenvalue weighted by Crippen LogP contribution is -2.26. The largest absolute Gasteiger partial charge is 0.376 e. The summed E-state index contributed by atoms with van der Waals surface area (Å²) in [5.41, 5.74) is 6.57. The molecule has 2 aromatic rings. The monoisotopic (exact) mass is 421 g/mol. The van der Waals surface area contributed by atoms with Gasteiger partial charge in [0.05, 0.1) is 12.3 Å². The molecule has 0 saturated carbocycles. The number of rotatable bonds is 6. The van der Waals surface area contributed by atoms with E-state index in [4.69, 9.17) is 0 Å². The first kappa shape index (κ1) is 17.5. The molecule has 0 heterocycles. The number of benzene rings is 2. The maximum Gasteiger partial charge on any atom is 0.259 e. The zero-order valence-electron chi connectivity index (χ0n) is 13.3. The predicted octanol–water partition coefficient (Wildman–Crippen LogP) is 3.81. The van der Waals surface area contributed by atoms with Crippen LogP contribution in [0.2, 0.25) is 0 Å². The molecule has 5 heteroatoms. The van der Waals surface area contributed by atoms with E-state index in [0.29, 0.717) is 0 Å². The van der Waals surface area contributed by atoms with Crippen LogP contribution in [0.1, 0.15) is 25.0 Å². The average Bonchev–Trinajstić information content (AvgIpc) is 2.59. The highest BCUT2D eigenvalue weighted by molar-refractivity contribution is 14.1. The summed E-state index contributed by atoms with van der Waals surface area (Å²) in [6.45, 7) is 4.19. The molecule has 0 atom stereocenters. The van der Waals surface area contributed by atoms with E-state index < -0.39 is 0 Å². The molecule has 120 valence electrons. The van der Waals surface area contributed by atoms with Crippen LogP contribution in [0.15, 0.2) is 53.6 Å². The first-order valence-electron chi connectivity index (χ1n) is 7.50. The molecule has 0 aliphatic heterocycles. The van der Waals surface area contributed by atoms with E-state index in [0.717, 1.165) is 27.0 Å². The van der Waals surface area contributed by atoms with E-state index in [9.17, 15) is 4.79 Å². The van der Waals surface area contributed by atoms with Gasteiger partial charge >= 0.3 is 0 Å². The van der Waals surface area contributed by atoms with Gasteiger partial charge in [-0.15, -0.1) is 0 Å². The lowest BCUT2D eigenvalue weighted by atomic mass is 10.1. The van der Waals surface area contributed by atoms with E-state index in [-0.39, 0.29) is 12.5 Å². The summed E-state index contributed by atoms with van der Waals surface area (Å²) in [5, 5.41) is 7.22. The maximum atomic E-state index is 11.8. The molecule has 0 fully saturated rings. The van der Waals surface area contributed by atoms with Gasteiger partial charge in [-0.2, -0.15) is 5.10 Å². The standard InChI is InChI=1S/C18H20IN3O/c1-3-14-4-6-15(7-5-14)13(2)21-22-18(23)12-20-17-10-8-16(19)9-11-17/h4-11,20H,3,12H2,1-2H3,(H,22,23)/b21-13+. The topological polar surface area (TPSA) is 53.5 Å². The van der Waals surface area contributed by atoms with E-state index in [1.54, 1.807) is 0 Å². The Morgan fingerprint density at radius 1 is 1.09 bits per heavy atom. The first-order chi connectivity index (χ1) is 11.1. The molecular formula is C18H20IN3O. The second-order valence-corrected chi connectivity index (χ2v) is 6.39. The smallest absolute Gasteiger partial charge is 0.259 e. The minimum Gasteiger partial charge on any atom is -0.376 e. The van der Waals surface area contributed by atoms with Crippen LogP contribution in [-0.2, 0) is 11.2 Å². The minimum absolute atomic E-state index is 0.173. The number of nitrogens with zero attached hydrogens (tertiary/aromatic N) is 1. The van der Waals surface area contributed by atoms with E-state index in [2.05, 4.69) is 57.5 Å². The third-order valence-corrected chi connectivity index (χ3v) is 4.14. The Balaban J connectivity index is 1.85. The van der Waals surface area contributed by atoms with Crippen molar-refractivity contribution < 1.29 is 4.79 Å². The Morgan fingerprint density at radius 3 is 2.35 bits per heavy atom. The number of aryl methyl sites for hydroxylation is 1. The highest BCUT2D eigenvalue weighted by Gasteiger charge is 2.02. The average molecular weight is 421 g/mol. The Morgan fingerprint density at radius 2 is 1.74 bits per heavy atom. The van der Waals surface area contributed by atoms with Crippen molar-refractivity contribution in [1.29, 1.82) is 0 Å². The van der Waals surface area contributed by atoms with Gasteiger partial charge in [0.1, 0.15) is 0 Å². The lowest BCUT2D eigenvalue weighted by Gasteiger charge is -2.06. The van der Waals surface area contributed by atoms with Gasteiger partial charge in [-0.1, -0.05) is 31.2 Å². The fourth-order valence-corrected chi connectivity index (χ4v) is 2.34. The minimum atomic E-state index is -0.173. The normalized spacial score (nSPS) is 11.2. The van der Waals surface area contributed by atoms with E-state index in [1.807, 2.05) is 43.3 Å². The quantitative estimate of drug-likeness (QED) is 0.424. The fraction of sp³-hybridized carbons (Fsp3) is 0.222. The highest BCUT2D eigenvalue weighted by atomic mass is 127. The van der Waals surface area contributed by atoms with Gasteiger partial charge in [0.15, 0.2) is 0 Å². The molecule has 0 spiro atoms. The number of amides is 1. The van der Waals surface area contributed by atoms with E-state index >= 15 is 0 Å². The number of hydrazone groups is 1. The van der Waals surface area contributed by atoms with Crippen molar-refractivity contribution in [3.63, 3.8) is 0 Å². The van der Waals surface area contributed by atoms with Crippen LogP contribution in [0.25, 0.3) is 0 Å². The van der Waals surface area contributed by atoms with Crippen LogP contribution in [0.4, 0.5) is 5.69 Å². The van der Waals surface area contributed by atoms with E-state index in [1.165, 1.54) is 5.56 Å². The number of anilines is 1. The third-order valence-electron chi connectivity index (χ3n) is 3.43. The number of halogens is 1. The van der Waals surface area contributed by atoms with Crippen LogP contribution in [-0.4, -0.2) is 18.2 Å². The molecular weight excluding hydrogens is 401 g/mol. The molecule has 0 radical (unpaired) electrons. The van der Waals surface area contributed by atoms with Crippen LogP contribution < -0.4 is 10.7 Å². The second-order valence-electron chi connectivity index (χ2n) is 5.14. The molecule has 2 rings (SSSR count). The lowest BCUT2D eigenvalue weighted by molar-refractivity contribution is -0.119. The summed E-state index contributed by atoms with van der Waals surface area (Å²) in [5.74, 6) is -0.173. The maximum absolute atomic E-state index is 11.8. The first-order valence-corrected chi connectivity index (χ1v) is 8.58. The van der Waals surface area contributed by atoms with Gasteiger partial charge in [0.2, 0.25) is 0 Å². The van der Waals surface area contributed by atoms with Crippen LogP contribution >= 0.6 is 22.6 Å². The Labute approximate surface area is 150 Å². The Bertz CT molecular complexity index is 678. The molecule has 2 aromatic carbocycles. The predicted molar refractivity (Wildman–Crippen MR) is 104 cm³/mol. The number of hydrogen-bond acceptors (Lipinski definition) is 3. The fourth-order valence-electron chi connectivity index (χ4n) is 1.98. The second kappa shape index (κ2) is 8.67. The van der Waals surface area contributed by atoms with Gasteiger partial charge in [0, 0.05) is 9.26 Å². The summed E-state index contributed by atoms with van der Waals surface area (Å²) in [7, 11) is 0. The van der Waals surface area contributed by atoms with Crippen molar-refractivity contribution in [3.05, 3.63) is 63.2 Å². The highest BCUT2D eigenvalue weighted by Crippen LogP contribution is 2.10. The zero-order chi connectivity index (χ0) is 16.7. The van der Waals surface area contributed by atoms with Gasteiger partial charge in [-0.3, -0.25) is 4.79 Å². The molecule has 0 aliphatic rings. The van der Waals surface area contributed by atoms with Gasteiger partial charge in [0.25, 0.3) is 5.91 Å². The Kier molecular flexibility index (Phi) is 6.58. The van der Waals surface area contributed by atoms with Crippen LogP contribution in [0.5, 0.6) is 0 Å². The van der Waals surface area contributed by atoms with Crippen molar-refractivity contribution in [2.75, 3.05) is 11.9 Å². The molecule has 0 aromatic heterocycles. The molecule has 0 bridgehead atoms. The number of hydrogen-bond donors (Lipinski definition) is 2. The number of carbonyl (C=O) groups excluding carboxylic acids is 1. The zero-order valence-corrected chi connectivity index (χ0v) is 15.4. The summed E-state index contributed by atoms with van der Waals surface area (Å²) in [6, 6.07) is 16.1. The number of nitrogens with one attached hydrogen (secondary N) is 2. The molecule has 2 N–H and O–H groups in total. The molecule has 0 unspecified atom stereocenters. The van der Waals surface area contributed by atoms with Crippen molar-refractivity contribution in [2.24, 2.45) is 5.10 Å². The summed E-state index contributed by atoms with van der Waals surface area (Å²) in [6.07, 6.45) is 1.01. The molecule has 0 saturated heterocycles. The SMILES string of the molecule is CCc1ccc(/C(C)=N/NC(=O)CNc2ccc(I)cc2)cc1. The van der Waals surface area contributed by atoms with Crippen molar-refractivity contribution in [2.45, 2.75) is 20.3 Å². The third kappa shape index (κ3) is 5.67.